The fraction of sp³-hybridized carbons (Fsp3) is 0.625. The molecule has 1 aliphatic heterocycles. The molecule has 21 heavy (non-hydrogen) atoms. The topological polar surface area (TPSA) is 15.3 Å². The molecule has 0 aromatic heterocycles. The van der Waals surface area contributed by atoms with Gasteiger partial charge in [-0.15, -0.1) is 11.8 Å². The van der Waals surface area contributed by atoms with Crippen LogP contribution in [0.15, 0.2) is 23.1 Å². The van der Waals surface area contributed by atoms with Crippen LogP contribution in [0.4, 0.5) is 0 Å². The molecule has 1 saturated heterocycles. The average molecular weight is 347 g/mol. The van der Waals surface area contributed by atoms with Crippen LogP contribution in [-0.2, 0) is 0 Å². The number of nitrogens with one attached hydrogen (secondary N) is 1. The van der Waals surface area contributed by atoms with Crippen LogP contribution in [0.5, 0.6) is 0 Å². The zero-order chi connectivity index (χ0) is 15.2. The van der Waals surface area contributed by atoms with Gasteiger partial charge >= 0.3 is 0 Å². The molecule has 118 valence electrons. The highest BCUT2D eigenvalue weighted by molar-refractivity contribution is 7.99. The predicted octanol–water partition coefficient (Wildman–Crippen LogP) is 4.55. The van der Waals surface area contributed by atoms with Gasteiger partial charge < -0.3 is 5.32 Å². The summed E-state index contributed by atoms with van der Waals surface area (Å²) in [7, 11) is 0. The quantitative estimate of drug-likeness (QED) is 0.729. The van der Waals surface area contributed by atoms with E-state index in [0.717, 1.165) is 33.8 Å². The molecule has 1 heterocycles. The molecule has 1 unspecified atom stereocenters. The van der Waals surface area contributed by atoms with Crippen LogP contribution in [0.2, 0.25) is 10.0 Å². The maximum atomic E-state index is 6.21. The predicted molar refractivity (Wildman–Crippen MR) is 94.9 cm³/mol. The van der Waals surface area contributed by atoms with E-state index in [1.807, 2.05) is 18.2 Å². The zero-order valence-electron chi connectivity index (χ0n) is 12.7. The summed E-state index contributed by atoms with van der Waals surface area (Å²) in [6, 6.07) is 6.89. The van der Waals surface area contributed by atoms with Crippen LogP contribution < -0.4 is 5.32 Å². The lowest BCUT2D eigenvalue weighted by atomic mass is 10.2. The first kappa shape index (κ1) is 17.4. The monoisotopic (exact) mass is 346 g/mol. The second-order valence-electron chi connectivity index (χ2n) is 5.81. The zero-order valence-corrected chi connectivity index (χ0v) is 15.1. The van der Waals surface area contributed by atoms with Gasteiger partial charge in [0.1, 0.15) is 0 Å². The maximum absolute atomic E-state index is 6.21. The standard InChI is InChI=1S/C16H24Cl2N2S/c1-12(2)20(11-14-4-3-7-19-14)8-9-21-16-10-13(17)5-6-15(16)18/h5-6,10,12,14,19H,3-4,7-9,11H2,1-2H3. The smallest absolute Gasteiger partial charge is 0.0542 e. The summed E-state index contributed by atoms with van der Waals surface area (Å²) in [5.41, 5.74) is 0. The molecular weight excluding hydrogens is 323 g/mol. The SMILES string of the molecule is CC(C)N(CCSc1cc(Cl)ccc1Cl)CC1CCCN1. The Labute approximate surface area is 142 Å². The fourth-order valence-corrected chi connectivity index (χ4v) is 4.10. The minimum atomic E-state index is 0.572. The highest BCUT2D eigenvalue weighted by Crippen LogP contribution is 2.29. The third-order valence-electron chi connectivity index (χ3n) is 3.88. The van der Waals surface area contributed by atoms with Gasteiger partial charge in [0.25, 0.3) is 0 Å². The molecule has 0 amide bonds. The number of nitrogens with zero attached hydrogens (tertiary/aromatic N) is 1. The number of hydrogen-bond donors (Lipinski definition) is 1. The van der Waals surface area contributed by atoms with E-state index in [9.17, 15) is 0 Å². The minimum absolute atomic E-state index is 0.572. The maximum Gasteiger partial charge on any atom is 0.0542 e. The first-order valence-electron chi connectivity index (χ1n) is 7.61. The van der Waals surface area contributed by atoms with E-state index in [0.29, 0.717) is 12.1 Å². The van der Waals surface area contributed by atoms with E-state index in [4.69, 9.17) is 23.2 Å². The minimum Gasteiger partial charge on any atom is -0.313 e. The van der Waals surface area contributed by atoms with Crippen LogP contribution in [-0.4, -0.2) is 42.4 Å². The molecule has 1 N–H and O–H groups in total. The van der Waals surface area contributed by atoms with Crippen molar-refractivity contribution in [3.63, 3.8) is 0 Å². The molecule has 2 nitrogen and oxygen atoms in total. The second-order valence-corrected chi connectivity index (χ2v) is 7.79. The lowest BCUT2D eigenvalue weighted by Crippen LogP contribution is -2.42. The van der Waals surface area contributed by atoms with Crippen LogP contribution in [0, 0.1) is 0 Å². The summed E-state index contributed by atoms with van der Waals surface area (Å²) in [5, 5.41) is 5.12. The van der Waals surface area contributed by atoms with Crippen molar-refractivity contribution in [2.45, 2.75) is 43.7 Å². The Hall–Kier alpha value is 0.0700. The Bertz CT molecular complexity index is 448. The Morgan fingerprint density at radius 1 is 1.38 bits per heavy atom. The summed E-state index contributed by atoms with van der Waals surface area (Å²) in [6.07, 6.45) is 2.61. The van der Waals surface area contributed by atoms with E-state index in [-0.39, 0.29) is 0 Å². The molecule has 1 aromatic rings. The number of halogens is 2. The van der Waals surface area contributed by atoms with Crippen molar-refractivity contribution in [1.29, 1.82) is 0 Å². The third-order valence-corrected chi connectivity index (χ3v) is 5.59. The van der Waals surface area contributed by atoms with Crippen LogP contribution in [0.1, 0.15) is 26.7 Å². The molecule has 0 radical (unpaired) electrons. The molecule has 1 aromatic carbocycles. The first-order valence-corrected chi connectivity index (χ1v) is 9.35. The van der Waals surface area contributed by atoms with E-state index < -0.39 is 0 Å². The van der Waals surface area contributed by atoms with Crippen molar-refractivity contribution in [3.8, 4) is 0 Å². The van der Waals surface area contributed by atoms with Gasteiger partial charge in [0.05, 0.1) is 5.02 Å². The summed E-state index contributed by atoms with van der Waals surface area (Å²) in [4.78, 5) is 3.63. The van der Waals surface area contributed by atoms with E-state index in [2.05, 4.69) is 24.1 Å². The molecule has 2 rings (SSSR count). The largest absolute Gasteiger partial charge is 0.313 e. The highest BCUT2D eigenvalue weighted by Gasteiger charge is 2.19. The molecule has 1 aliphatic rings. The molecule has 1 fully saturated rings. The van der Waals surface area contributed by atoms with Crippen LogP contribution in [0.25, 0.3) is 0 Å². The van der Waals surface area contributed by atoms with Crippen molar-refractivity contribution >= 4 is 35.0 Å². The highest BCUT2D eigenvalue weighted by atomic mass is 35.5. The summed E-state index contributed by atoms with van der Waals surface area (Å²) in [6.45, 7) is 7.92. The van der Waals surface area contributed by atoms with Crippen LogP contribution >= 0.6 is 35.0 Å². The van der Waals surface area contributed by atoms with Gasteiger partial charge in [0.15, 0.2) is 0 Å². The Balaban J connectivity index is 1.82. The van der Waals surface area contributed by atoms with Crippen molar-refractivity contribution in [1.82, 2.24) is 10.2 Å². The number of benzene rings is 1. The van der Waals surface area contributed by atoms with Gasteiger partial charge in [-0.2, -0.15) is 0 Å². The molecule has 0 aliphatic carbocycles. The Kier molecular flexibility index (Phi) is 7.17. The summed E-state index contributed by atoms with van der Waals surface area (Å²) in [5.74, 6) is 1.03. The van der Waals surface area contributed by atoms with E-state index >= 15 is 0 Å². The summed E-state index contributed by atoms with van der Waals surface area (Å²) < 4.78 is 0. The van der Waals surface area contributed by atoms with Crippen molar-refractivity contribution in [2.75, 3.05) is 25.4 Å². The molecule has 1 atom stereocenters. The van der Waals surface area contributed by atoms with Gasteiger partial charge in [-0.1, -0.05) is 23.2 Å². The molecular formula is C16H24Cl2N2S. The van der Waals surface area contributed by atoms with Crippen molar-refractivity contribution in [3.05, 3.63) is 28.2 Å². The molecule has 0 spiro atoms. The average Bonchev–Trinajstić information content (AvgIpc) is 2.94. The summed E-state index contributed by atoms with van der Waals surface area (Å²) >= 11 is 14.0. The Morgan fingerprint density at radius 2 is 2.19 bits per heavy atom. The van der Waals surface area contributed by atoms with E-state index in [1.165, 1.54) is 19.4 Å². The normalized spacial score (nSPS) is 18.9. The fourth-order valence-electron chi connectivity index (χ4n) is 2.62. The van der Waals surface area contributed by atoms with Gasteiger partial charge in [-0.05, 0) is 51.4 Å². The third kappa shape index (κ3) is 5.65. The first-order chi connectivity index (χ1) is 10.1. The second kappa shape index (κ2) is 8.64. The lowest BCUT2D eigenvalue weighted by Gasteiger charge is -2.29. The van der Waals surface area contributed by atoms with Gasteiger partial charge in [-0.25, -0.2) is 0 Å². The number of thioether (sulfide) groups is 1. The Morgan fingerprint density at radius 3 is 2.86 bits per heavy atom. The number of hydrogen-bond acceptors (Lipinski definition) is 3. The van der Waals surface area contributed by atoms with Gasteiger partial charge in [-0.3, -0.25) is 4.90 Å². The van der Waals surface area contributed by atoms with Gasteiger partial charge in [0, 0.05) is 40.8 Å². The molecule has 0 bridgehead atoms. The van der Waals surface area contributed by atoms with Crippen LogP contribution in [0.3, 0.4) is 0 Å². The van der Waals surface area contributed by atoms with Gasteiger partial charge in [0.2, 0.25) is 0 Å². The lowest BCUT2D eigenvalue weighted by molar-refractivity contribution is 0.215. The molecule has 0 saturated carbocycles. The molecule has 5 heteroatoms. The van der Waals surface area contributed by atoms with Crippen molar-refractivity contribution < 1.29 is 0 Å². The van der Waals surface area contributed by atoms with E-state index in [1.54, 1.807) is 11.8 Å². The number of rotatable bonds is 7. The van der Waals surface area contributed by atoms with Crippen molar-refractivity contribution in [2.24, 2.45) is 0 Å².